The Morgan fingerprint density at radius 3 is 2.61 bits per heavy atom. The molecule has 1 aromatic heterocycles. The highest BCUT2D eigenvalue weighted by molar-refractivity contribution is 7.93. The Bertz CT molecular complexity index is 685. The molecule has 0 unspecified atom stereocenters. The number of fused-ring (bicyclic) bond motifs is 1. The first-order valence-corrected chi connectivity index (χ1v) is 6.07. The van der Waals surface area contributed by atoms with Crippen LogP contribution in [0.15, 0.2) is 30.7 Å². The number of hydrogen-bond donors (Lipinski definition) is 1. The number of nitrogens with zero attached hydrogens (tertiary/aromatic N) is 2. The number of halogens is 3. The minimum Gasteiger partial charge on any atom is -0.276 e. The van der Waals surface area contributed by atoms with E-state index in [1.54, 1.807) is 0 Å². The molecule has 0 bridgehead atoms. The van der Waals surface area contributed by atoms with Crippen molar-refractivity contribution < 1.29 is 21.6 Å². The van der Waals surface area contributed by atoms with Crippen molar-refractivity contribution in [2.24, 2.45) is 0 Å². The van der Waals surface area contributed by atoms with Crippen LogP contribution in [0.2, 0.25) is 0 Å². The van der Waals surface area contributed by atoms with Crippen LogP contribution in [0.3, 0.4) is 0 Å². The molecule has 5 nitrogen and oxygen atoms in total. The number of benzene rings is 1. The van der Waals surface area contributed by atoms with Crippen molar-refractivity contribution in [3.8, 4) is 0 Å². The Hall–Kier alpha value is -1.90. The molecule has 0 spiro atoms. The van der Waals surface area contributed by atoms with Gasteiger partial charge in [0.05, 0.1) is 5.52 Å². The van der Waals surface area contributed by atoms with E-state index < -0.39 is 15.5 Å². The van der Waals surface area contributed by atoms with Gasteiger partial charge < -0.3 is 0 Å². The Balaban J connectivity index is 2.39. The summed E-state index contributed by atoms with van der Waals surface area (Å²) in [4.78, 5) is 7.55. The van der Waals surface area contributed by atoms with Gasteiger partial charge >= 0.3 is 15.5 Å². The van der Waals surface area contributed by atoms with E-state index in [0.717, 1.165) is 0 Å². The van der Waals surface area contributed by atoms with E-state index in [1.807, 2.05) is 0 Å². The van der Waals surface area contributed by atoms with Gasteiger partial charge in [0.2, 0.25) is 0 Å². The predicted octanol–water partition coefficient (Wildman–Crippen LogP) is 1.89. The van der Waals surface area contributed by atoms with Gasteiger partial charge in [0.25, 0.3) is 0 Å². The summed E-state index contributed by atoms with van der Waals surface area (Å²) in [6.07, 6.45) is 2.65. The van der Waals surface area contributed by atoms with Crippen LogP contribution in [0, 0.1) is 0 Å². The smallest absolute Gasteiger partial charge is 0.276 e. The molecule has 18 heavy (non-hydrogen) atoms. The van der Waals surface area contributed by atoms with Crippen molar-refractivity contribution >= 4 is 26.6 Å². The summed E-state index contributed by atoms with van der Waals surface area (Å²) >= 11 is 0. The van der Waals surface area contributed by atoms with Gasteiger partial charge in [-0.25, -0.2) is 9.97 Å². The van der Waals surface area contributed by atoms with E-state index in [-0.39, 0.29) is 5.69 Å². The third-order valence-corrected chi connectivity index (χ3v) is 3.18. The number of alkyl halides is 3. The standard InChI is InChI=1S/C9H6F3N3O2S/c10-9(11,12)18(16,17)15-7-1-2-8-6(3-7)4-13-5-14-8/h1-5,15H. The molecule has 0 amide bonds. The van der Waals surface area contributed by atoms with E-state index in [2.05, 4.69) is 9.97 Å². The molecule has 96 valence electrons. The van der Waals surface area contributed by atoms with Crippen LogP contribution in [0.25, 0.3) is 10.9 Å². The van der Waals surface area contributed by atoms with E-state index in [4.69, 9.17) is 0 Å². The van der Waals surface area contributed by atoms with Crippen molar-refractivity contribution in [3.63, 3.8) is 0 Å². The summed E-state index contributed by atoms with van der Waals surface area (Å²) in [6, 6.07) is 3.81. The molecular weight excluding hydrogens is 271 g/mol. The Labute approximate surface area is 99.7 Å². The highest BCUT2D eigenvalue weighted by Crippen LogP contribution is 2.26. The highest BCUT2D eigenvalue weighted by atomic mass is 32.2. The van der Waals surface area contributed by atoms with Gasteiger partial charge in [-0.2, -0.15) is 21.6 Å². The van der Waals surface area contributed by atoms with Gasteiger partial charge in [0.15, 0.2) is 0 Å². The molecule has 2 rings (SSSR count). The molecule has 9 heteroatoms. The van der Waals surface area contributed by atoms with E-state index >= 15 is 0 Å². The maximum Gasteiger partial charge on any atom is 0.516 e. The van der Waals surface area contributed by atoms with Gasteiger partial charge in [0, 0.05) is 17.3 Å². The zero-order chi connectivity index (χ0) is 13.4. The molecule has 0 saturated carbocycles. The third kappa shape index (κ3) is 2.35. The number of rotatable bonds is 2. The van der Waals surface area contributed by atoms with E-state index in [1.165, 1.54) is 35.4 Å². The lowest BCUT2D eigenvalue weighted by Crippen LogP contribution is -2.29. The van der Waals surface area contributed by atoms with Gasteiger partial charge in [0.1, 0.15) is 6.33 Å². The summed E-state index contributed by atoms with van der Waals surface area (Å²) in [5.74, 6) is 0. The van der Waals surface area contributed by atoms with Crippen LogP contribution in [-0.2, 0) is 10.0 Å². The largest absolute Gasteiger partial charge is 0.516 e. The van der Waals surface area contributed by atoms with Gasteiger partial charge in [-0.3, -0.25) is 4.72 Å². The molecule has 1 aromatic carbocycles. The molecular formula is C9H6F3N3O2S. The molecule has 1 heterocycles. The minimum absolute atomic E-state index is 0.199. The van der Waals surface area contributed by atoms with Crippen molar-refractivity contribution in [2.45, 2.75) is 5.51 Å². The number of aromatic nitrogens is 2. The van der Waals surface area contributed by atoms with Crippen molar-refractivity contribution in [2.75, 3.05) is 4.72 Å². The first-order valence-electron chi connectivity index (χ1n) is 4.58. The fourth-order valence-electron chi connectivity index (χ4n) is 1.26. The van der Waals surface area contributed by atoms with Crippen molar-refractivity contribution in [1.82, 2.24) is 9.97 Å². The molecule has 0 fully saturated rings. The zero-order valence-corrected chi connectivity index (χ0v) is 9.46. The lowest BCUT2D eigenvalue weighted by Gasteiger charge is -2.10. The van der Waals surface area contributed by atoms with Crippen molar-refractivity contribution in [1.29, 1.82) is 0 Å². The normalized spacial score (nSPS) is 12.6. The highest BCUT2D eigenvalue weighted by Gasteiger charge is 2.46. The van der Waals surface area contributed by atoms with E-state index in [9.17, 15) is 21.6 Å². The van der Waals surface area contributed by atoms with E-state index in [0.29, 0.717) is 10.9 Å². The zero-order valence-electron chi connectivity index (χ0n) is 8.64. The lowest BCUT2D eigenvalue weighted by molar-refractivity contribution is -0.0429. The maximum absolute atomic E-state index is 12.2. The summed E-state index contributed by atoms with van der Waals surface area (Å²) in [5, 5.41) is 0.430. The summed E-state index contributed by atoms with van der Waals surface area (Å²) in [7, 11) is -5.41. The van der Waals surface area contributed by atoms with Crippen LogP contribution >= 0.6 is 0 Å². The molecule has 0 aliphatic rings. The number of anilines is 1. The van der Waals surface area contributed by atoms with Crippen molar-refractivity contribution in [3.05, 3.63) is 30.7 Å². The fourth-order valence-corrected chi connectivity index (χ4v) is 1.81. The lowest BCUT2D eigenvalue weighted by atomic mass is 10.2. The quantitative estimate of drug-likeness (QED) is 0.909. The Kier molecular flexibility index (Phi) is 2.85. The monoisotopic (exact) mass is 277 g/mol. The fraction of sp³-hybridized carbons (Fsp3) is 0.111. The van der Waals surface area contributed by atoms with Crippen LogP contribution in [0.1, 0.15) is 0 Å². The summed E-state index contributed by atoms with van der Waals surface area (Å²) < 4.78 is 59.7. The summed E-state index contributed by atoms with van der Waals surface area (Å²) in [5.41, 5.74) is -5.05. The molecule has 1 N–H and O–H groups in total. The predicted molar refractivity (Wildman–Crippen MR) is 58.1 cm³/mol. The second-order valence-corrected chi connectivity index (χ2v) is 5.02. The number of nitrogens with one attached hydrogen (secondary N) is 1. The van der Waals surface area contributed by atoms with Crippen LogP contribution < -0.4 is 4.72 Å². The molecule has 0 aliphatic heterocycles. The third-order valence-electron chi connectivity index (χ3n) is 2.06. The SMILES string of the molecule is O=S(=O)(Nc1ccc2ncncc2c1)C(F)(F)F. The molecule has 0 atom stereocenters. The first kappa shape index (κ1) is 12.6. The Morgan fingerprint density at radius 2 is 1.94 bits per heavy atom. The molecule has 0 aliphatic carbocycles. The second kappa shape index (κ2) is 4.09. The van der Waals surface area contributed by atoms with Crippen LogP contribution in [0.5, 0.6) is 0 Å². The van der Waals surface area contributed by atoms with Crippen LogP contribution in [-0.4, -0.2) is 23.9 Å². The maximum atomic E-state index is 12.2. The Morgan fingerprint density at radius 1 is 1.22 bits per heavy atom. The average molecular weight is 277 g/mol. The van der Waals surface area contributed by atoms with Gasteiger partial charge in [-0.15, -0.1) is 0 Å². The molecule has 0 saturated heterocycles. The molecule has 2 aromatic rings. The summed E-state index contributed by atoms with van der Waals surface area (Å²) in [6.45, 7) is 0. The van der Waals surface area contributed by atoms with Crippen LogP contribution in [0.4, 0.5) is 18.9 Å². The number of sulfonamides is 1. The second-order valence-electron chi connectivity index (χ2n) is 3.35. The molecule has 0 radical (unpaired) electrons. The number of hydrogen-bond acceptors (Lipinski definition) is 4. The topological polar surface area (TPSA) is 72.0 Å². The average Bonchev–Trinajstić information content (AvgIpc) is 2.27. The minimum atomic E-state index is -5.41. The van der Waals surface area contributed by atoms with Gasteiger partial charge in [-0.05, 0) is 18.2 Å². The first-order chi connectivity index (χ1) is 8.29. The van der Waals surface area contributed by atoms with Gasteiger partial charge in [-0.1, -0.05) is 0 Å².